The van der Waals surface area contributed by atoms with Crippen molar-refractivity contribution in [2.45, 2.75) is 0 Å². The first-order valence-corrected chi connectivity index (χ1v) is 6.44. The molecule has 1 heterocycles. The van der Waals surface area contributed by atoms with Crippen LogP contribution in [0.15, 0.2) is 42.5 Å². The van der Waals surface area contributed by atoms with Crippen molar-refractivity contribution in [1.82, 2.24) is 15.4 Å². The van der Waals surface area contributed by atoms with E-state index in [1.165, 1.54) is 6.07 Å². The summed E-state index contributed by atoms with van der Waals surface area (Å²) < 4.78 is 14.0. The fraction of sp³-hybridized carbons (Fsp3) is 0. The standard InChI is InChI=1S/C15H8ClFN4/c16-12-3-1-2-11(14(12)17)9-4-6-10(7-5-9)15-13(8-18)19-21-20-15/h1-7H,(H,19,20,21). The highest BCUT2D eigenvalue weighted by Crippen LogP contribution is 2.29. The molecule has 4 nitrogen and oxygen atoms in total. The quantitative estimate of drug-likeness (QED) is 0.782. The van der Waals surface area contributed by atoms with Crippen molar-refractivity contribution in [2.24, 2.45) is 0 Å². The number of aromatic amines is 1. The van der Waals surface area contributed by atoms with Crippen LogP contribution < -0.4 is 0 Å². The number of nitriles is 1. The average Bonchev–Trinajstić information content (AvgIpc) is 2.99. The fourth-order valence-corrected chi connectivity index (χ4v) is 2.22. The lowest BCUT2D eigenvalue weighted by atomic mass is 10.0. The van der Waals surface area contributed by atoms with Gasteiger partial charge in [-0.25, -0.2) is 9.49 Å². The van der Waals surface area contributed by atoms with E-state index in [9.17, 15) is 4.39 Å². The van der Waals surface area contributed by atoms with E-state index in [2.05, 4.69) is 15.4 Å². The SMILES string of the molecule is N#Cc1[nH]nnc1-c1ccc(-c2cccc(Cl)c2F)cc1. The number of nitrogens with one attached hydrogen (secondary N) is 1. The highest BCUT2D eigenvalue weighted by molar-refractivity contribution is 6.31. The van der Waals surface area contributed by atoms with Gasteiger partial charge in [-0.1, -0.05) is 53.2 Å². The van der Waals surface area contributed by atoms with E-state index in [1.54, 1.807) is 36.4 Å². The molecule has 0 spiro atoms. The zero-order chi connectivity index (χ0) is 14.8. The molecular formula is C15H8ClFN4. The third-order valence-electron chi connectivity index (χ3n) is 3.08. The summed E-state index contributed by atoms with van der Waals surface area (Å²) >= 11 is 5.78. The predicted octanol–water partition coefficient (Wildman–Crippen LogP) is 3.80. The number of H-pyrrole nitrogens is 1. The molecule has 6 heteroatoms. The van der Waals surface area contributed by atoms with Crippen molar-refractivity contribution in [3.8, 4) is 28.5 Å². The predicted molar refractivity (Wildman–Crippen MR) is 76.9 cm³/mol. The second kappa shape index (κ2) is 5.35. The highest BCUT2D eigenvalue weighted by Gasteiger charge is 2.11. The maximum Gasteiger partial charge on any atom is 0.163 e. The third kappa shape index (κ3) is 2.37. The van der Waals surface area contributed by atoms with Crippen molar-refractivity contribution >= 4 is 11.6 Å². The molecule has 0 aliphatic carbocycles. The van der Waals surface area contributed by atoms with Crippen LogP contribution in [0, 0.1) is 17.1 Å². The second-order valence-electron chi connectivity index (χ2n) is 4.33. The van der Waals surface area contributed by atoms with Gasteiger partial charge >= 0.3 is 0 Å². The van der Waals surface area contributed by atoms with Crippen molar-refractivity contribution in [3.05, 3.63) is 59.0 Å². The fourth-order valence-electron chi connectivity index (χ4n) is 2.04. The molecule has 0 unspecified atom stereocenters. The topological polar surface area (TPSA) is 65.4 Å². The van der Waals surface area contributed by atoms with Crippen molar-refractivity contribution < 1.29 is 4.39 Å². The number of nitrogens with zero attached hydrogens (tertiary/aromatic N) is 3. The minimum absolute atomic E-state index is 0.0832. The Labute approximate surface area is 124 Å². The smallest absolute Gasteiger partial charge is 0.163 e. The molecule has 0 aliphatic rings. The van der Waals surface area contributed by atoms with Crippen molar-refractivity contribution in [2.75, 3.05) is 0 Å². The maximum absolute atomic E-state index is 14.0. The van der Waals surface area contributed by atoms with Gasteiger partial charge in [-0.15, -0.1) is 5.10 Å². The molecule has 0 saturated carbocycles. The van der Waals surface area contributed by atoms with Crippen LogP contribution in [0.4, 0.5) is 4.39 Å². The first kappa shape index (κ1) is 13.3. The normalized spacial score (nSPS) is 10.3. The van der Waals surface area contributed by atoms with Gasteiger partial charge in [0.25, 0.3) is 0 Å². The summed E-state index contributed by atoms with van der Waals surface area (Å²) in [5, 5.41) is 19.0. The third-order valence-corrected chi connectivity index (χ3v) is 3.37. The maximum atomic E-state index is 14.0. The van der Waals surface area contributed by atoms with E-state index < -0.39 is 5.82 Å². The Morgan fingerprint density at radius 3 is 2.52 bits per heavy atom. The van der Waals surface area contributed by atoms with Gasteiger partial charge in [0.15, 0.2) is 5.69 Å². The van der Waals surface area contributed by atoms with Crippen LogP contribution in [0.1, 0.15) is 5.69 Å². The number of hydrogen-bond acceptors (Lipinski definition) is 3. The molecule has 0 amide bonds. The molecule has 0 radical (unpaired) electrons. The molecule has 21 heavy (non-hydrogen) atoms. The highest BCUT2D eigenvalue weighted by atomic mass is 35.5. The largest absolute Gasteiger partial charge is 0.247 e. The lowest BCUT2D eigenvalue weighted by Crippen LogP contribution is -1.87. The minimum atomic E-state index is -0.453. The van der Waals surface area contributed by atoms with Gasteiger partial charge in [0.1, 0.15) is 17.6 Å². The van der Waals surface area contributed by atoms with E-state index in [0.29, 0.717) is 16.8 Å². The van der Waals surface area contributed by atoms with E-state index in [-0.39, 0.29) is 10.7 Å². The number of benzene rings is 2. The van der Waals surface area contributed by atoms with E-state index in [4.69, 9.17) is 16.9 Å². The van der Waals surface area contributed by atoms with Gasteiger partial charge in [-0.05, 0) is 11.6 Å². The van der Waals surface area contributed by atoms with Gasteiger partial charge in [0.05, 0.1) is 5.02 Å². The van der Waals surface area contributed by atoms with Crippen molar-refractivity contribution in [1.29, 1.82) is 5.26 Å². The molecule has 0 bridgehead atoms. The van der Waals surface area contributed by atoms with Gasteiger partial charge in [-0.3, -0.25) is 0 Å². The van der Waals surface area contributed by atoms with Crippen LogP contribution in [0.25, 0.3) is 22.4 Å². The Hall–Kier alpha value is -2.71. The number of aromatic nitrogens is 3. The number of halogens is 2. The van der Waals surface area contributed by atoms with Gasteiger partial charge < -0.3 is 0 Å². The Balaban J connectivity index is 2.02. The summed E-state index contributed by atoms with van der Waals surface area (Å²) in [6.07, 6.45) is 0. The summed E-state index contributed by atoms with van der Waals surface area (Å²) in [4.78, 5) is 0. The van der Waals surface area contributed by atoms with E-state index in [1.807, 2.05) is 6.07 Å². The van der Waals surface area contributed by atoms with Gasteiger partial charge in [0.2, 0.25) is 0 Å². The summed E-state index contributed by atoms with van der Waals surface area (Å²) in [6, 6.07) is 13.9. The van der Waals surface area contributed by atoms with Crippen LogP contribution >= 0.6 is 11.6 Å². The number of rotatable bonds is 2. The molecule has 1 N–H and O–H groups in total. The molecule has 2 aromatic carbocycles. The molecule has 3 rings (SSSR count). The summed E-state index contributed by atoms with van der Waals surface area (Å²) in [5.41, 5.74) is 2.61. The zero-order valence-electron chi connectivity index (χ0n) is 10.6. The van der Waals surface area contributed by atoms with Crippen LogP contribution in [0.5, 0.6) is 0 Å². The van der Waals surface area contributed by atoms with Crippen LogP contribution in [0.2, 0.25) is 5.02 Å². The molecular weight excluding hydrogens is 291 g/mol. The molecule has 0 saturated heterocycles. The molecule has 3 aromatic rings. The number of hydrogen-bond donors (Lipinski definition) is 1. The Kier molecular flexibility index (Phi) is 3.38. The molecule has 0 fully saturated rings. The van der Waals surface area contributed by atoms with Crippen molar-refractivity contribution in [3.63, 3.8) is 0 Å². The monoisotopic (exact) mass is 298 g/mol. The summed E-state index contributed by atoms with van der Waals surface area (Å²) in [6.45, 7) is 0. The first-order chi connectivity index (χ1) is 10.2. The van der Waals surface area contributed by atoms with Crippen LogP contribution in [-0.2, 0) is 0 Å². The lowest BCUT2D eigenvalue weighted by Gasteiger charge is -2.05. The van der Waals surface area contributed by atoms with Crippen LogP contribution in [-0.4, -0.2) is 15.4 Å². The lowest BCUT2D eigenvalue weighted by molar-refractivity contribution is 0.632. The van der Waals surface area contributed by atoms with E-state index >= 15 is 0 Å². The molecule has 0 atom stereocenters. The van der Waals surface area contributed by atoms with Gasteiger partial charge in [-0.2, -0.15) is 5.26 Å². The van der Waals surface area contributed by atoms with Crippen LogP contribution in [0.3, 0.4) is 0 Å². The Morgan fingerprint density at radius 2 is 1.81 bits per heavy atom. The molecule has 1 aromatic heterocycles. The minimum Gasteiger partial charge on any atom is -0.247 e. The van der Waals surface area contributed by atoms with E-state index in [0.717, 1.165) is 5.56 Å². The Bertz CT molecular complexity index is 834. The first-order valence-electron chi connectivity index (χ1n) is 6.06. The Morgan fingerprint density at radius 1 is 1.10 bits per heavy atom. The summed E-state index contributed by atoms with van der Waals surface area (Å²) in [5.74, 6) is -0.453. The molecule has 102 valence electrons. The zero-order valence-corrected chi connectivity index (χ0v) is 11.4. The second-order valence-corrected chi connectivity index (χ2v) is 4.73. The molecule has 0 aliphatic heterocycles. The average molecular weight is 299 g/mol. The summed E-state index contributed by atoms with van der Waals surface area (Å²) in [7, 11) is 0. The van der Waals surface area contributed by atoms with Gasteiger partial charge in [0, 0.05) is 11.1 Å².